The summed E-state index contributed by atoms with van der Waals surface area (Å²) in [4.78, 5) is 12.9. The zero-order valence-electron chi connectivity index (χ0n) is 15.4. The number of halogens is 1. The fourth-order valence-electron chi connectivity index (χ4n) is 3.47. The van der Waals surface area contributed by atoms with Gasteiger partial charge in [-0.3, -0.25) is 4.79 Å². The summed E-state index contributed by atoms with van der Waals surface area (Å²) in [5, 5.41) is 3.09. The minimum Gasteiger partial charge on any atom is -0.322 e. The van der Waals surface area contributed by atoms with Crippen LogP contribution in [0.4, 0.5) is 10.1 Å². The van der Waals surface area contributed by atoms with Crippen molar-refractivity contribution in [3.8, 4) is 0 Å². The van der Waals surface area contributed by atoms with Gasteiger partial charge in [0.1, 0.15) is 11.5 Å². The number of anilines is 1. The van der Waals surface area contributed by atoms with Crippen LogP contribution in [0, 0.1) is 19.7 Å². The zero-order chi connectivity index (χ0) is 16.9. The Balaban J connectivity index is 0.00000484. The Morgan fingerprint density at radius 2 is 1.52 bits per heavy atom. The van der Waals surface area contributed by atoms with Gasteiger partial charge in [-0.25, -0.2) is 4.39 Å². The van der Waals surface area contributed by atoms with Gasteiger partial charge < -0.3 is 5.32 Å². The molecule has 0 bridgehead atoms. The molecule has 0 fully saturated rings. The van der Waals surface area contributed by atoms with Gasteiger partial charge in [-0.15, -0.1) is 0 Å². The number of hydrogen-bond donors (Lipinski definition) is 1. The summed E-state index contributed by atoms with van der Waals surface area (Å²) in [7, 11) is -1.27. The van der Waals surface area contributed by atoms with E-state index in [2.05, 4.69) is 33.0 Å². The molecule has 127 valence electrons. The van der Waals surface area contributed by atoms with Crippen LogP contribution in [0.15, 0.2) is 12.1 Å². The van der Waals surface area contributed by atoms with E-state index < -0.39 is 7.26 Å². The molecule has 1 atom stereocenters. The molecule has 1 unspecified atom stereocenters. The largest absolute Gasteiger partial charge is 0.322 e. The van der Waals surface area contributed by atoms with Crippen molar-refractivity contribution in [1.82, 2.24) is 0 Å². The van der Waals surface area contributed by atoms with Crippen LogP contribution in [0.3, 0.4) is 0 Å². The number of benzene rings is 1. The van der Waals surface area contributed by atoms with Crippen molar-refractivity contribution in [2.45, 2.75) is 53.6 Å². The summed E-state index contributed by atoms with van der Waals surface area (Å²) in [5.41, 5.74) is 2.44. The first kappa shape index (κ1) is 23.2. The molecule has 1 amide bonds. The predicted molar refractivity (Wildman–Crippen MR) is 97.1 cm³/mol. The molecule has 2 nitrogen and oxygen atoms in total. The van der Waals surface area contributed by atoms with Gasteiger partial charge in [-0.05, 0) is 64.3 Å². The molecule has 0 heterocycles. The number of aryl methyl sites for hydroxylation is 2. The van der Waals surface area contributed by atoms with Gasteiger partial charge in [0.05, 0.1) is 18.5 Å². The molecular weight excluding hydrogens is 385 g/mol. The van der Waals surface area contributed by atoms with Crippen LogP contribution in [0.5, 0.6) is 0 Å². The molecule has 1 rings (SSSR count). The van der Waals surface area contributed by atoms with E-state index in [0.717, 1.165) is 41.7 Å². The van der Waals surface area contributed by atoms with Crippen molar-refractivity contribution in [2.24, 2.45) is 0 Å². The molecule has 1 radical (unpaired) electrons. The second-order valence-electron chi connectivity index (χ2n) is 6.00. The Morgan fingerprint density at radius 1 is 1.09 bits per heavy atom. The van der Waals surface area contributed by atoms with Gasteiger partial charge in [-0.1, -0.05) is 6.92 Å². The first-order chi connectivity index (χ1) is 10.3. The number of carbonyl (C=O) groups excluding carboxylic acids is 1. The molecule has 23 heavy (non-hydrogen) atoms. The molecule has 5 heteroatoms. The molecule has 0 aliphatic carbocycles. The Bertz CT molecular complexity index is 500. The molecule has 1 aromatic carbocycles. The summed E-state index contributed by atoms with van der Waals surface area (Å²) >= 11 is 0. The van der Waals surface area contributed by atoms with Gasteiger partial charge in [-0.2, -0.15) is 0 Å². The maximum atomic E-state index is 13.4. The predicted octanol–water partition coefficient (Wildman–Crippen LogP) is 5.23. The molecule has 0 saturated heterocycles. The topological polar surface area (TPSA) is 29.1 Å². The molecule has 0 aliphatic rings. The van der Waals surface area contributed by atoms with E-state index >= 15 is 0 Å². The standard InChI is InChI=1S/C18H29FNOP.Y/c1-7-16(22(8-2,9-3)10-4)18(21)20-17-13(5)11-15(19)12-14(17)6;/h11-12,16H,7-10H2,1-6H3;/p+1. The fourth-order valence-corrected chi connectivity index (χ4v) is 7.47. The van der Waals surface area contributed by atoms with E-state index in [4.69, 9.17) is 0 Å². The van der Waals surface area contributed by atoms with Crippen molar-refractivity contribution in [3.05, 3.63) is 29.1 Å². The van der Waals surface area contributed by atoms with E-state index in [1.54, 1.807) is 0 Å². The van der Waals surface area contributed by atoms with Crippen LogP contribution in [0.25, 0.3) is 0 Å². The maximum Gasteiger partial charge on any atom is 0.265 e. The minimum absolute atomic E-state index is 0. The number of amides is 1. The number of nitrogens with one attached hydrogen (secondary N) is 1. The second kappa shape index (κ2) is 10.2. The summed E-state index contributed by atoms with van der Waals surface area (Å²) in [5.74, 6) is -0.142. The van der Waals surface area contributed by atoms with Crippen molar-refractivity contribution in [3.63, 3.8) is 0 Å². The Morgan fingerprint density at radius 3 is 1.87 bits per heavy atom. The van der Waals surface area contributed by atoms with E-state index in [-0.39, 0.29) is 50.1 Å². The molecular formula is C18H30FNOPY+. The van der Waals surface area contributed by atoms with Crippen LogP contribution in [0.2, 0.25) is 0 Å². The first-order valence-electron chi connectivity index (χ1n) is 8.28. The van der Waals surface area contributed by atoms with Gasteiger partial charge in [0.2, 0.25) is 0 Å². The maximum absolute atomic E-state index is 13.4. The van der Waals surface area contributed by atoms with Crippen LogP contribution in [0.1, 0.15) is 45.2 Å². The summed E-state index contributed by atoms with van der Waals surface area (Å²) in [6.07, 6.45) is 4.18. The molecule has 0 saturated carbocycles. The molecule has 1 aromatic rings. The SMILES string of the molecule is CCC(C(=O)Nc1c(C)cc(F)cc1C)[P+](CC)(CC)CC.[Y]. The number of carbonyl (C=O) groups is 1. The van der Waals surface area contributed by atoms with Crippen molar-refractivity contribution in [2.75, 3.05) is 23.8 Å². The smallest absolute Gasteiger partial charge is 0.265 e. The van der Waals surface area contributed by atoms with Crippen LogP contribution in [-0.2, 0) is 37.5 Å². The third-order valence-corrected chi connectivity index (χ3v) is 10.7. The normalized spacial score (nSPS) is 12.5. The Labute approximate surface area is 166 Å². The quantitative estimate of drug-likeness (QED) is 0.607. The second-order valence-corrected chi connectivity index (χ2v) is 11.0. The van der Waals surface area contributed by atoms with E-state index in [0.29, 0.717) is 0 Å². The van der Waals surface area contributed by atoms with Crippen molar-refractivity contribution in [1.29, 1.82) is 0 Å². The Kier molecular flexibility index (Phi) is 10.3. The minimum atomic E-state index is -1.27. The van der Waals surface area contributed by atoms with E-state index in [1.807, 2.05) is 13.8 Å². The van der Waals surface area contributed by atoms with Gasteiger partial charge in [0, 0.05) is 45.7 Å². The Hall–Kier alpha value is 0.154. The summed E-state index contributed by atoms with van der Waals surface area (Å²) in [6.45, 7) is 12.4. The number of hydrogen-bond acceptors (Lipinski definition) is 1. The third-order valence-electron chi connectivity index (χ3n) is 4.99. The first-order valence-corrected chi connectivity index (χ1v) is 10.7. The number of rotatable bonds is 7. The van der Waals surface area contributed by atoms with E-state index in [1.165, 1.54) is 12.1 Å². The van der Waals surface area contributed by atoms with Crippen LogP contribution >= 0.6 is 7.26 Å². The van der Waals surface area contributed by atoms with Gasteiger partial charge >= 0.3 is 0 Å². The van der Waals surface area contributed by atoms with Crippen molar-refractivity contribution < 1.29 is 41.9 Å². The van der Waals surface area contributed by atoms with Crippen molar-refractivity contribution >= 4 is 18.9 Å². The van der Waals surface area contributed by atoms with Gasteiger partial charge in [0.25, 0.3) is 5.91 Å². The fraction of sp³-hybridized carbons (Fsp3) is 0.611. The molecule has 0 spiro atoms. The average molecular weight is 415 g/mol. The van der Waals surface area contributed by atoms with Crippen LogP contribution < -0.4 is 5.32 Å². The third kappa shape index (κ3) is 5.31. The van der Waals surface area contributed by atoms with E-state index in [9.17, 15) is 9.18 Å². The monoisotopic (exact) mass is 415 g/mol. The zero-order valence-corrected chi connectivity index (χ0v) is 19.1. The average Bonchev–Trinajstić information content (AvgIpc) is 2.48. The summed E-state index contributed by atoms with van der Waals surface area (Å²) < 4.78 is 13.4. The molecule has 1 N–H and O–H groups in total. The van der Waals surface area contributed by atoms with Gasteiger partial charge in [0.15, 0.2) is 0 Å². The van der Waals surface area contributed by atoms with Crippen LogP contribution in [-0.4, -0.2) is 30.1 Å². The molecule has 0 aromatic heterocycles. The summed E-state index contributed by atoms with van der Waals surface area (Å²) in [6, 6.07) is 2.96. The molecule has 0 aliphatic heterocycles.